The Morgan fingerprint density at radius 3 is 2.60 bits per heavy atom. The van der Waals surface area contributed by atoms with Gasteiger partial charge in [0.25, 0.3) is 0 Å². The first-order valence-corrected chi connectivity index (χ1v) is 6.11. The normalized spacial score (nSPS) is 19.3. The van der Waals surface area contributed by atoms with Crippen LogP contribution in [0.2, 0.25) is 0 Å². The Hall–Kier alpha value is -0.820. The number of benzene rings is 1. The molecule has 0 radical (unpaired) electrons. The molecule has 82 valence electrons. The Balaban J connectivity index is 2.20. The molecule has 0 spiro atoms. The van der Waals surface area contributed by atoms with Crippen LogP contribution < -0.4 is 5.73 Å². The lowest BCUT2D eigenvalue weighted by Gasteiger charge is -2.16. The van der Waals surface area contributed by atoms with Gasteiger partial charge in [0.2, 0.25) is 0 Å². The standard InChI is InChI=1S/C14H21N/c1-11(15)10-13-8-4-5-9-14(13)12-6-2-3-7-12/h4-5,8-9,11-12H,2-3,6-7,10,15H2,1H3. The topological polar surface area (TPSA) is 26.0 Å². The van der Waals surface area contributed by atoms with Crippen LogP contribution in [0.4, 0.5) is 0 Å². The summed E-state index contributed by atoms with van der Waals surface area (Å²) >= 11 is 0. The predicted molar refractivity (Wildman–Crippen MR) is 65.0 cm³/mol. The highest BCUT2D eigenvalue weighted by molar-refractivity contribution is 5.31. The van der Waals surface area contributed by atoms with Gasteiger partial charge in [-0.25, -0.2) is 0 Å². The zero-order chi connectivity index (χ0) is 10.7. The molecule has 1 fully saturated rings. The van der Waals surface area contributed by atoms with E-state index < -0.39 is 0 Å². The van der Waals surface area contributed by atoms with Crippen molar-refractivity contribution in [2.24, 2.45) is 5.73 Å². The maximum atomic E-state index is 5.89. The summed E-state index contributed by atoms with van der Waals surface area (Å²) in [4.78, 5) is 0. The summed E-state index contributed by atoms with van der Waals surface area (Å²) in [6.07, 6.45) is 6.56. The number of hydrogen-bond donors (Lipinski definition) is 1. The average molecular weight is 203 g/mol. The molecule has 1 unspecified atom stereocenters. The fourth-order valence-corrected chi connectivity index (χ4v) is 2.70. The summed E-state index contributed by atoms with van der Waals surface area (Å²) in [5, 5.41) is 0. The molecule has 1 saturated carbocycles. The SMILES string of the molecule is CC(N)Cc1ccccc1C1CCCC1. The van der Waals surface area contributed by atoms with Crippen molar-refractivity contribution >= 4 is 0 Å². The van der Waals surface area contributed by atoms with Crippen LogP contribution in [0.5, 0.6) is 0 Å². The van der Waals surface area contributed by atoms with Crippen molar-refractivity contribution < 1.29 is 0 Å². The first-order valence-electron chi connectivity index (χ1n) is 6.11. The van der Waals surface area contributed by atoms with E-state index in [1.807, 2.05) is 0 Å². The molecule has 0 heterocycles. The second kappa shape index (κ2) is 4.80. The fraction of sp³-hybridized carbons (Fsp3) is 0.571. The second-order valence-electron chi connectivity index (χ2n) is 4.86. The van der Waals surface area contributed by atoms with Gasteiger partial charge in [-0.05, 0) is 43.2 Å². The molecule has 0 aliphatic heterocycles. The molecule has 1 nitrogen and oxygen atoms in total. The molecule has 1 atom stereocenters. The van der Waals surface area contributed by atoms with Crippen molar-refractivity contribution in [3.8, 4) is 0 Å². The molecule has 1 aliphatic carbocycles. The quantitative estimate of drug-likeness (QED) is 0.802. The molecule has 1 heteroatoms. The summed E-state index contributed by atoms with van der Waals surface area (Å²) in [7, 11) is 0. The lowest BCUT2D eigenvalue weighted by atomic mass is 9.90. The van der Waals surface area contributed by atoms with Crippen LogP contribution in [-0.4, -0.2) is 6.04 Å². The summed E-state index contributed by atoms with van der Waals surface area (Å²) in [5.74, 6) is 0.806. The fourth-order valence-electron chi connectivity index (χ4n) is 2.70. The van der Waals surface area contributed by atoms with E-state index in [4.69, 9.17) is 5.73 Å². The van der Waals surface area contributed by atoms with E-state index in [0.717, 1.165) is 12.3 Å². The first kappa shape index (κ1) is 10.7. The van der Waals surface area contributed by atoms with E-state index in [1.54, 1.807) is 5.56 Å². The van der Waals surface area contributed by atoms with Gasteiger partial charge < -0.3 is 5.73 Å². The van der Waals surface area contributed by atoms with Gasteiger partial charge in [0.1, 0.15) is 0 Å². The first-order chi connectivity index (χ1) is 7.27. The molecule has 2 N–H and O–H groups in total. The molecule has 1 aromatic rings. The largest absolute Gasteiger partial charge is 0.328 e. The third-order valence-corrected chi connectivity index (χ3v) is 3.39. The molecule has 0 amide bonds. The van der Waals surface area contributed by atoms with Crippen molar-refractivity contribution in [3.63, 3.8) is 0 Å². The summed E-state index contributed by atoms with van der Waals surface area (Å²) in [5.41, 5.74) is 8.93. The van der Waals surface area contributed by atoms with Crippen LogP contribution in [0.15, 0.2) is 24.3 Å². The summed E-state index contributed by atoms with van der Waals surface area (Å²) in [6, 6.07) is 9.12. The monoisotopic (exact) mass is 203 g/mol. The molecule has 0 saturated heterocycles. The zero-order valence-electron chi connectivity index (χ0n) is 9.58. The van der Waals surface area contributed by atoms with Crippen molar-refractivity contribution in [1.82, 2.24) is 0 Å². The maximum absolute atomic E-state index is 5.89. The predicted octanol–water partition coefficient (Wildman–Crippen LogP) is 3.23. The van der Waals surface area contributed by atoms with Crippen molar-refractivity contribution in [3.05, 3.63) is 35.4 Å². The summed E-state index contributed by atoms with van der Waals surface area (Å²) < 4.78 is 0. The molecular formula is C14H21N. The van der Waals surface area contributed by atoms with Gasteiger partial charge in [0.05, 0.1) is 0 Å². The second-order valence-corrected chi connectivity index (χ2v) is 4.86. The van der Waals surface area contributed by atoms with E-state index in [9.17, 15) is 0 Å². The summed E-state index contributed by atoms with van der Waals surface area (Å²) in [6.45, 7) is 2.09. The van der Waals surface area contributed by atoms with Crippen molar-refractivity contribution in [1.29, 1.82) is 0 Å². The van der Waals surface area contributed by atoms with Crippen LogP contribution >= 0.6 is 0 Å². The van der Waals surface area contributed by atoms with Gasteiger partial charge in [-0.15, -0.1) is 0 Å². The van der Waals surface area contributed by atoms with Crippen LogP contribution in [0, 0.1) is 0 Å². The molecule has 2 rings (SSSR count). The lowest BCUT2D eigenvalue weighted by molar-refractivity contribution is 0.684. The van der Waals surface area contributed by atoms with Gasteiger partial charge >= 0.3 is 0 Å². The zero-order valence-corrected chi connectivity index (χ0v) is 9.58. The van der Waals surface area contributed by atoms with Crippen LogP contribution in [0.25, 0.3) is 0 Å². The van der Waals surface area contributed by atoms with E-state index >= 15 is 0 Å². The Morgan fingerprint density at radius 2 is 1.93 bits per heavy atom. The number of hydrogen-bond acceptors (Lipinski definition) is 1. The molecule has 1 aliphatic rings. The average Bonchev–Trinajstić information content (AvgIpc) is 2.70. The van der Waals surface area contributed by atoms with Gasteiger partial charge in [-0.3, -0.25) is 0 Å². The minimum absolute atomic E-state index is 0.271. The van der Waals surface area contributed by atoms with Crippen molar-refractivity contribution in [2.75, 3.05) is 0 Å². The lowest BCUT2D eigenvalue weighted by Crippen LogP contribution is -2.19. The highest BCUT2D eigenvalue weighted by Crippen LogP contribution is 2.35. The van der Waals surface area contributed by atoms with Gasteiger partial charge in [0, 0.05) is 6.04 Å². The Kier molecular flexibility index (Phi) is 3.42. The molecule has 0 bridgehead atoms. The highest BCUT2D eigenvalue weighted by atomic mass is 14.6. The Bertz CT molecular complexity index is 311. The molecular weight excluding hydrogens is 182 g/mol. The van der Waals surface area contributed by atoms with E-state index in [-0.39, 0.29) is 6.04 Å². The number of rotatable bonds is 3. The molecule has 0 aromatic heterocycles. The Morgan fingerprint density at radius 1 is 1.27 bits per heavy atom. The Labute approximate surface area is 92.7 Å². The maximum Gasteiger partial charge on any atom is 0.00510 e. The highest BCUT2D eigenvalue weighted by Gasteiger charge is 2.19. The number of nitrogens with two attached hydrogens (primary N) is 1. The van der Waals surface area contributed by atoms with Crippen LogP contribution in [-0.2, 0) is 6.42 Å². The van der Waals surface area contributed by atoms with Crippen molar-refractivity contribution in [2.45, 2.75) is 51.0 Å². The third kappa shape index (κ3) is 2.60. The minimum Gasteiger partial charge on any atom is -0.328 e. The van der Waals surface area contributed by atoms with E-state index in [2.05, 4.69) is 31.2 Å². The smallest absolute Gasteiger partial charge is 0.00510 e. The van der Waals surface area contributed by atoms with Gasteiger partial charge in [-0.1, -0.05) is 37.1 Å². The minimum atomic E-state index is 0.271. The third-order valence-electron chi connectivity index (χ3n) is 3.39. The molecule has 15 heavy (non-hydrogen) atoms. The van der Waals surface area contributed by atoms with Gasteiger partial charge in [0.15, 0.2) is 0 Å². The van der Waals surface area contributed by atoms with Crippen LogP contribution in [0.3, 0.4) is 0 Å². The van der Waals surface area contributed by atoms with E-state index in [1.165, 1.54) is 31.2 Å². The molecule has 1 aromatic carbocycles. The van der Waals surface area contributed by atoms with E-state index in [0.29, 0.717) is 0 Å². The van der Waals surface area contributed by atoms with Crippen LogP contribution in [0.1, 0.15) is 49.7 Å². The van der Waals surface area contributed by atoms with Gasteiger partial charge in [-0.2, -0.15) is 0 Å².